The number of rotatable bonds is 3. The van der Waals surface area contributed by atoms with Crippen LogP contribution in [0.2, 0.25) is 0 Å². The Labute approximate surface area is 119 Å². The van der Waals surface area contributed by atoms with E-state index in [1.807, 2.05) is 19.1 Å². The summed E-state index contributed by atoms with van der Waals surface area (Å²) in [4.78, 5) is 0. The topological polar surface area (TPSA) is 25.2 Å². The molecule has 2 heteroatoms. The molecule has 2 nitrogen and oxygen atoms in total. The molecule has 0 saturated heterocycles. The summed E-state index contributed by atoms with van der Waals surface area (Å²) in [5, 5.41) is 4.68. The summed E-state index contributed by atoms with van der Waals surface area (Å²) < 4.78 is 5.79. The molecule has 3 rings (SSSR count). The standard InChI is InChI=1S/C18H19NO/c1-12-8-9-15(10-13(12)2)19-11-17-14(3)20-18-7-5-4-6-16(17)18/h4-10,19H,11H2,1-3H3. The number of benzene rings is 2. The lowest BCUT2D eigenvalue weighted by molar-refractivity contribution is 0.573. The molecular formula is C18H19NO. The number of hydrogen-bond donors (Lipinski definition) is 1. The van der Waals surface area contributed by atoms with Gasteiger partial charge in [0.2, 0.25) is 0 Å². The quantitative estimate of drug-likeness (QED) is 0.723. The molecule has 0 saturated carbocycles. The fourth-order valence-corrected chi connectivity index (χ4v) is 2.48. The summed E-state index contributed by atoms with van der Waals surface area (Å²) >= 11 is 0. The third-order valence-electron chi connectivity index (χ3n) is 3.88. The number of furan rings is 1. The highest BCUT2D eigenvalue weighted by molar-refractivity contribution is 5.82. The molecule has 0 aliphatic carbocycles. The first-order chi connectivity index (χ1) is 9.65. The van der Waals surface area contributed by atoms with Gasteiger partial charge in [-0.1, -0.05) is 24.3 Å². The normalized spacial score (nSPS) is 10.9. The molecule has 1 aromatic heterocycles. The van der Waals surface area contributed by atoms with Crippen molar-refractivity contribution in [3.63, 3.8) is 0 Å². The number of hydrogen-bond acceptors (Lipinski definition) is 2. The van der Waals surface area contributed by atoms with E-state index in [1.165, 1.54) is 22.1 Å². The smallest absolute Gasteiger partial charge is 0.134 e. The molecule has 1 heterocycles. The van der Waals surface area contributed by atoms with Crippen molar-refractivity contribution in [2.45, 2.75) is 27.3 Å². The van der Waals surface area contributed by atoms with Crippen LogP contribution in [0.4, 0.5) is 5.69 Å². The fraction of sp³-hybridized carbons (Fsp3) is 0.222. The molecule has 0 bridgehead atoms. The third-order valence-corrected chi connectivity index (χ3v) is 3.88. The second-order valence-corrected chi connectivity index (χ2v) is 5.29. The van der Waals surface area contributed by atoms with Gasteiger partial charge < -0.3 is 9.73 Å². The summed E-state index contributed by atoms with van der Waals surface area (Å²) in [6.45, 7) is 7.08. The molecular weight excluding hydrogens is 246 g/mol. The molecule has 1 N–H and O–H groups in total. The van der Waals surface area contributed by atoms with Crippen LogP contribution in [-0.2, 0) is 6.54 Å². The average Bonchev–Trinajstić information content (AvgIpc) is 2.76. The van der Waals surface area contributed by atoms with E-state index in [1.54, 1.807) is 0 Å². The van der Waals surface area contributed by atoms with Crippen molar-refractivity contribution in [1.82, 2.24) is 0 Å². The van der Waals surface area contributed by atoms with Crippen LogP contribution >= 0.6 is 0 Å². The second-order valence-electron chi connectivity index (χ2n) is 5.29. The zero-order chi connectivity index (χ0) is 14.1. The first kappa shape index (κ1) is 12.8. The van der Waals surface area contributed by atoms with Crippen LogP contribution < -0.4 is 5.32 Å². The molecule has 0 atom stereocenters. The second kappa shape index (κ2) is 5.04. The van der Waals surface area contributed by atoms with Crippen molar-refractivity contribution < 1.29 is 4.42 Å². The van der Waals surface area contributed by atoms with Crippen LogP contribution in [0.1, 0.15) is 22.5 Å². The van der Waals surface area contributed by atoms with Gasteiger partial charge in [0.05, 0.1) is 0 Å². The Hall–Kier alpha value is -2.22. The highest BCUT2D eigenvalue weighted by Gasteiger charge is 2.09. The summed E-state index contributed by atoms with van der Waals surface area (Å²) in [5.41, 5.74) is 5.97. The molecule has 20 heavy (non-hydrogen) atoms. The predicted molar refractivity (Wildman–Crippen MR) is 84.2 cm³/mol. The average molecular weight is 265 g/mol. The van der Waals surface area contributed by atoms with E-state index in [4.69, 9.17) is 4.42 Å². The number of aryl methyl sites for hydroxylation is 3. The molecule has 0 aliphatic rings. The maximum atomic E-state index is 5.79. The van der Waals surface area contributed by atoms with Crippen LogP contribution in [0.25, 0.3) is 11.0 Å². The van der Waals surface area contributed by atoms with Crippen LogP contribution in [0.15, 0.2) is 46.9 Å². The first-order valence-corrected chi connectivity index (χ1v) is 6.93. The number of nitrogens with one attached hydrogen (secondary N) is 1. The van der Waals surface area contributed by atoms with E-state index in [0.29, 0.717) is 0 Å². The van der Waals surface area contributed by atoms with Gasteiger partial charge in [-0.2, -0.15) is 0 Å². The SMILES string of the molecule is Cc1ccc(NCc2c(C)oc3ccccc23)cc1C. The van der Waals surface area contributed by atoms with Crippen molar-refractivity contribution in [3.8, 4) is 0 Å². The molecule has 0 unspecified atom stereocenters. The van der Waals surface area contributed by atoms with Crippen molar-refractivity contribution in [2.75, 3.05) is 5.32 Å². The zero-order valence-corrected chi connectivity index (χ0v) is 12.2. The Morgan fingerprint density at radius 2 is 1.75 bits per heavy atom. The molecule has 102 valence electrons. The molecule has 0 amide bonds. The molecule has 0 radical (unpaired) electrons. The van der Waals surface area contributed by atoms with Crippen LogP contribution in [0, 0.1) is 20.8 Å². The maximum Gasteiger partial charge on any atom is 0.134 e. The van der Waals surface area contributed by atoms with Gasteiger partial charge in [0, 0.05) is 23.2 Å². The maximum absolute atomic E-state index is 5.79. The van der Waals surface area contributed by atoms with E-state index in [-0.39, 0.29) is 0 Å². The molecule has 3 aromatic rings. The molecule has 0 spiro atoms. The van der Waals surface area contributed by atoms with Gasteiger partial charge in [0.15, 0.2) is 0 Å². The van der Waals surface area contributed by atoms with E-state index >= 15 is 0 Å². The Kier molecular flexibility index (Phi) is 3.23. The highest BCUT2D eigenvalue weighted by Crippen LogP contribution is 2.26. The number of fused-ring (bicyclic) bond motifs is 1. The summed E-state index contributed by atoms with van der Waals surface area (Å²) in [7, 11) is 0. The van der Waals surface area contributed by atoms with Crippen molar-refractivity contribution in [2.24, 2.45) is 0 Å². The lowest BCUT2D eigenvalue weighted by atomic mass is 10.1. The van der Waals surface area contributed by atoms with E-state index < -0.39 is 0 Å². The minimum Gasteiger partial charge on any atom is -0.461 e. The Bertz CT molecular complexity index is 755. The van der Waals surface area contributed by atoms with Gasteiger partial charge in [-0.25, -0.2) is 0 Å². The molecule has 0 aliphatic heterocycles. The zero-order valence-electron chi connectivity index (χ0n) is 12.2. The lowest BCUT2D eigenvalue weighted by Gasteiger charge is -2.08. The van der Waals surface area contributed by atoms with Gasteiger partial charge in [0.25, 0.3) is 0 Å². The number of para-hydroxylation sites is 1. The first-order valence-electron chi connectivity index (χ1n) is 6.93. The summed E-state index contributed by atoms with van der Waals surface area (Å²) in [5.74, 6) is 0.988. The Balaban J connectivity index is 1.86. The van der Waals surface area contributed by atoms with Gasteiger partial charge in [-0.05, 0) is 50.1 Å². The summed E-state index contributed by atoms with van der Waals surface area (Å²) in [6, 6.07) is 14.7. The van der Waals surface area contributed by atoms with Crippen LogP contribution in [0.3, 0.4) is 0 Å². The third kappa shape index (κ3) is 2.29. The van der Waals surface area contributed by atoms with Crippen molar-refractivity contribution in [3.05, 3.63) is 64.9 Å². The minimum absolute atomic E-state index is 0.783. The minimum atomic E-state index is 0.783. The molecule has 0 fully saturated rings. The monoisotopic (exact) mass is 265 g/mol. The van der Waals surface area contributed by atoms with Crippen LogP contribution in [-0.4, -0.2) is 0 Å². The highest BCUT2D eigenvalue weighted by atomic mass is 16.3. The van der Waals surface area contributed by atoms with Gasteiger partial charge in [-0.3, -0.25) is 0 Å². The van der Waals surface area contributed by atoms with Gasteiger partial charge in [-0.15, -0.1) is 0 Å². The molecule has 2 aromatic carbocycles. The van der Waals surface area contributed by atoms with Crippen molar-refractivity contribution >= 4 is 16.7 Å². The van der Waals surface area contributed by atoms with Gasteiger partial charge >= 0.3 is 0 Å². The lowest BCUT2D eigenvalue weighted by Crippen LogP contribution is -2.00. The van der Waals surface area contributed by atoms with E-state index in [9.17, 15) is 0 Å². The predicted octanol–water partition coefficient (Wildman–Crippen LogP) is 4.97. The number of anilines is 1. The van der Waals surface area contributed by atoms with E-state index in [2.05, 4.69) is 49.5 Å². The van der Waals surface area contributed by atoms with Crippen LogP contribution in [0.5, 0.6) is 0 Å². The Morgan fingerprint density at radius 3 is 2.55 bits per heavy atom. The van der Waals surface area contributed by atoms with Crippen molar-refractivity contribution in [1.29, 1.82) is 0 Å². The van der Waals surface area contributed by atoms with E-state index in [0.717, 1.165) is 23.6 Å². The fourth-order valence-electron chi connectivity index (χ4n) is 2.48. The summed E-state index contributed by atoms with van der Waals surface area (Å²) in [6.07, 6.45) is 0. The Morgan fingerprint density at radius 1 is 0.950 bits per heavy atom. The largest absolute Gasteiger partial charge is 0.461 e. The van der Waals surface area contributed by atoms with Gasteiger partial charge in [0.1, 0.15) is 11.3 Å².